The largest absolute Gasteiger partial charge is 0.326 e. The molecule has 2 nitrogen and oxygen atoms in total. The van der Waals surface area contributed by atoms with E-state index in [4.69, 9.17) is 22.6 Å². The van der Waals surface area contributed by atoms with E-state index in [0.717, 1.165) is 21.2 Å². The fourth-order valence-electron chi connectivity index (χ4n) is 1.66. The number of thioether (sulfide) groups is 1. The summed E-state index contributed by atoms with van der Waals surface area (Å²) in [6, 6.07) is 15.7. The van der Waals surface area contributed by atoms with Crippen molar-refractivity contribution in [2.24, 2.45) is 5.73 Å². The normalized spacial score (nSPS) is 10.2. The van der Waals surface area contributed by atoms with Crippen molar-refractivity contribution in [1.29, 1.82) is 5.26 Å². The lowest BCUT2D eigenvalue weighted by atomic mass is 10.1. The minimum absolute atomic E-state index is 0.455. The van der Waals surface area contributed by atoms with Crippen LogP contribution in [0.5, 0.6) is 0 Å². The van der Waals surface area contributed by atoms with Gasteiger partial charge in [0.05, 0.1) is 5.56 Å². The first-order chi connectivity index (χ1) is 9.22. The summed E-state index contributed by atoms with van der Waals surface area (Å²) in [6.45, 7) is 0.455. The molecule has 0 heterocycles. The summed E-state index contributed by atoms with van der Waals surface area (Å²) in [4.78, 5) is 0.981. The zero-order valence-electron chi connectivity index (χ0n) is 10.3. The first kappa shape index (κ1) is 14.0. The molecular weight excluding hydrogens is 276 g/mol. The van der Waals surface area contributed by atoms with Gasteiger partial charge in [0.2, 0.25) is 0 Å². The highest BCUT2D eigenvalue weighted by Crippen LogP contribution is 2.27. The van der Waals surface area contributed by atoms with E-state index in [1.54, 1.807) is 11.8 Å². The van der Waals surface area contributed by atoms with E-state index in [9.17, 15) is 0 Å². The van der Waals surface area contributed by atoms with E-state index in [2.05, 4.69) is 6.07 Å². The van der Waals surface area contributed by atoms with E-state index in [0.29, 0.717) is 12.1 Å². The van der Waals surface area contributed by atoms with E-state index >= 15 is 0 Å². The Morgan fingerprint density at radius 1 is 1.11 bits per heavy atom. The summed E-state index contributed by atoms with van der Waals surface area (Å²) < 4.78 is 0. The van der Waals surface area contributed by atoms with Gasteiger partial charge in [-0.05, 0) is 35.4 Å². The maximum atomic E-state index is 9.15. The van der Waals surface area contributed by atoms with Gasteiger partial charge in [0, 0.05) is 22.2 Å². The van der Waals surface area contributed by atoms with Crippen LogP contribution in [0.4, 0.5) is 0 Å². The smallest absolute Gasteiger partial charge is 0.100 e. The van der Waals surface area contributed by atoms with Crippen LogP contribution in [0.25, 0.3) is 0 Å². The molecule has 0 aliphatic heterocycles. The molecule has 0 amide bonds. The van der Waals surface area contributed by atoms with Gasteiger partial charge in [-0.3, -0.25) is 0 Å². The van der Waals surface area contributed by atoms with Crippen LogP contribution < -0.4 is 5.73 Å². The molecule has 0 aliphatic rings. The summed E-state index contributed by atoms with van der Waals surface area (Å²) >= 11 is 7.49. The quantitative estimate of drug-likeness (QED) is 0.866. The zero-order chi connectivity index (χ0) is 13.7. The Hall–Kier alpha value is -1.47. The second kappa shape index (κ2) is 6.63. The molecule has 0 aromatic heterocycles. The van der Waals surface area contributed by atoms with Crippen LogP contribution in [-0.2, 0) is 12.3 Å². The minimum Gasteiger partial charge on any atom is -0.326 e. The van der Waals surface area contributed by atoms with Gasteiger partial charge in [-0.25, -0.2) is 0 Å². The average molecular weight is 289 g/mol. The Morgan fingerprint density at radius 2 is 1.79 bits per heavy atom. The van der Waals surface area contributed by atoms with Gasteiger partial charge >= 0.3 is 0 Å². The molecule has 0 radical (unpaired) electrons. The molecule has 2 rings (SSSR count). The van der Waals surface area contributed by atoms with Gasteiger partial charge in [0.25, 0.3) is 0 Å². The van der Waals surface area contributed by atoms with Crippen LogP contribution in [0.2, 0.25) is 5.02 Å². The fourth-order valence-corrected chi connectivity index (χ4v) is 2.72. The van der Waals surface area contributed by atoms with Crippen molar-refractivity contribution < 1.29 is 0 Å². The highest BCUT2D eigenvalue weighted by molar-refractivity contribution is 7.98. The molecule has 2 N–H and O–H groups in total. The number of halogens is 1. The monoisotopic (exact) mass is 288 g/mol. The lowest BCUT2D eigenvalue weighted by molar-refractivity contribution is 1.06. The third-order valence-corrected chi connectivity index (χ3v) is 4.10. The van der Waals surface area contributed by atoms with Crippen molar-refractivity contribution in [2.45, 2.75) is 17.2 Å². The number of nitrogens with zero attached hydrogens (tertiary/aromatic N) is 1. The summed E-state index contributed by atoms with van der Waals surface area (Å²) in [5, 5.41) is 9.89. The highest BCUT2D eigenvalue weighted by Gasteiger charge is 2.04. The molecule has 0 unspecified atom stereocenters. The predicted octanol–water partition coefficient (Wildman–Crippen LogP) is 3.96. The number of rotatable bonds is 4. The Morgan fingerprint density at radius 3 is 2.42 bits per heavy atom. The van der Waals surface area contributed by atoms with Crippen LogP contribution >= 0.6 is 23.4 Å². The van der Waals surface area contributed by atoms with Crippen LogP contribution in [-0.4, -0.2) is 0 Å². The van der Waals surface area contributed by atoms with E-state index in [1.807, 2.05) is 42.5 Å². The fraction of sp³-hybridized carbons (Fsp3) is 0.133. The van der Waals surface area contributed by atoms with Crippen molar-refractivity contribution in [1.82, 2.24) is 0 Å². The van der Waals surface area contributed by atoms with Crippen LogP contribution in [0.1, 0.15) is 16.7 Å². The van der Waals surface area contributed by atoms with Crippen molar-refractivity contribution in [3.8, 4) is 6.07 Å². The third kappa shape index (κ3) is 3.74. The van der Waals surface area contributed by atoms with Gasteiger partial charge in [0.1, 0.15) is 6.07 Å². The van der Waals surface area contributed by atoms with Crippen molar-refractivity contribution >= 4 is 23.4 Å². The summed E-state index contributed by atoms with van der Waals surface area (Å²) in [5.41, 5.74) is 8.42. The maximum absolute atomic E-state index is 9.15. The summed E-state index contributed by atoms with van der Waals surface area (Å²) in [5.74, 6) is 0.813. The first-order valence-corrected chi connectivity index (χ1v) is 7.19. The molecule has 2 aromatic carbocycles. The van der Waals surface area contributed by atoms with Crippen molar-refractivity contribution in [3.05, 3.63) is 64.2 Å². The standard InChI is InChI=1S/C15H13ClN2S/c16-14-4-1-11(2-5-14)10-19-15-6-3-12(8-17)7-13(15)9-18/h1-7H,8,10,17H2. The summed E-state index contributed by atoms with van der Waals surface area (Å²) in [7, 11) is 0. The van der Waals surface area contributed by atoms with Gasteiger partial charge in [-0.2, -0.15) is 5.26 Å². The van der Waals surface area contributed by atoms with Crippen LogP contribution in [0.3, 0.4) is 0 Å². The zero-order valence-corrected chi connectivity index (χ0v) is 11.8. The number of benzene rings is 2. The van der Waals surface area contributed by atoms with Gasteiger partial charge in [-0.15, -0.1) is 11.8 Å². The molecule has 0 aliphatic carbocycles. The van der Waals surface area contributed by atoms with Crippen molar-refractivity contribution in [2.75, 3.05) is 0 Å². The molecule has 0 bridgehead atoms. The number of nitriles is 1. The Labute approximate surface area is 122 Å². The van der Waals surface area contributed by atoms with Crippen LogP contribution in [0.15, 0.2) is 47.4 Å². The van der Waals surface area contributed by atoms with Crippen LogP contribution in [0, 0.1) is 11.3 Å². The van der Waals surface area contributed by atoms with Gasteiger partial charge in [-0.1, -0.05) is 29.8 Å². The van der Waals surface area contributed by atoms with E-state index < -0.39 is 0 Å². The molecule has 0 saturated carbocycles. The van der Waals surface area contributed by atoms with Gasteiger partial charge < -0.3 is 5.73 Å². The topological polar surface area (TPSA) is 49.8 Å². The highest BCUT2D eigenvalue weighted by atomic mass is 35.5. The number of hydrogen-bond acceptors (Lipinski definition) is 3. The lowest BCUT2D eigenvalue weighted by Crippen LogP contribution is -1.97. The first-order valence-electron chi connectivity index (χ1n) is 5.83. The SMILES string of the molecule is N#Cc1cc(CN)ccc1SCc1ccc(Cl)cc1. The predicted molar refractivity (Wildman–Crippen MR) is 80.1 cm³/mol. The second-order valence-electron chi connectivity index (χ2n) is 4.06. The van der Waals surface area contributed by atoms with E-state index in [-0.39, 0.29) is 0 Å². The lowest BCUT2D eigenvalue weighted by Gasteiger charge is -2.06. The van der Waals surface area contributed by atoms with E-state index in [1.165, 1.54) is 5.56 Å². The molecule has 0 saturated heterocycles. The number of nitrogens with two attached hydrogens (primary N) is 1. The molecule has 0 spiro atoms. The molecular formula is C15H13ClN2S. The third-order valence-electron chi connectivity index (χ3n) is 2.71. The Balaban J connectivity index is 2.11. The number of hydrogen-bond donors (Lipinski definition) is 1. The molecule has 96 valence electrons. The molecule has 0 atom stereocenters. The second-order valence-corrected chi connectivity index (χ2v) is 5.52. The Bertz CT molecular complexity index is 603. The average Bonchev–Trinajstić information content (AvgIpc) is 2.46. The Kier molecular flexibility index (Phi) is 4.86. The van der Waals surface area contributed by atoms with Crippen molar-refractivity contribution in [3.63, 3.8) is 0 Å². The van der Waals surface area contributed by atoms with Gasteiger partial charge in [0.15, 0.2) is 0 Å². The molecule has 0 fully saturated rings. The summed E-state index contributed by atoms with van der Waals surface area (Å²) in [6.07, 6.45) is 0. The maximum Gasteiger partial charge on any atom is 0.100 e. The molecule has 19 heavy (non-hydrogen) atoms. The molecule has 4 heteroatoms. The minimum atomic E-state index is 0.455. The molecule has 2 aromatic rings.